The van der Waals surface area contributed by atoms with Crippen LogP contribution in [0.5, 0.6) is 0 Å². The van der Waals surface area contributed by atoms with Gasteiger partial charge in [-0.1, -0.05) is 17.3 Å². The number of aromatic nitrogens is 2. The lowest BCUT2D eigenvalue weighted by Gasteiger charge is -2.32. The molecule has 9 heteroatoms. The highest BCUT2D eigenvalue weighted by atomic mass is 19.1. The van der Waals surface area contributed by atoms with Gasteiger partial charge in [-0.15, -0.1) is 0 Å². The number of nitrogens with one attached hydrogen (secondary N) is 1. The molecule has 0 aliphatic carbocycles. The minimum absolute atomic E-state index is 0.00292. The molecule has 1 N–H and O–H groups in total. The Bertz CT molecular complexity index is 930. The van der Waals surface area contributed by atoms with Crippen molar-refractivity contribution in [1.29, 1.82) is 0 Å². The first kappa shape index (κ1) is 22.7. The van der Waals surface area contributed by atoms with E-state index in [2.05, 4.69) is 15.5 Å². The first-order valence-corrected chi connectivity index (χ1v) is 10.5. The maximum absolute atomic E-state index is 13.7. The topological polar surface area (TPSA) is 97.6 Å². The Morgan fingerprint density at radius 3 is 2.65 bits per heavy atom. The van der Waals surface area contributed by atoms with Gasteiger partial charge in [0.2, 0.25) is 17.6 Å². The lowest BCUT2D eigenvalue weighted by atomic mass is 10.0. The van der Waals surface area contributed by atoms with E-state index in [4.69, 9.17) is 9.26 Å². The Kier molecular flexibility index (Phi) is 6.92. The van der Waals surface area contributed by atoms with Gasteiger partial charge in [0, 0.05) is 37.5 Å². The molecule has 1 fully saturated rings. The van der Waals surface area contributed by atoms with Crippen LogP contribution in [0.1, 0.15) is 51.5 Å². The summed E-state index contributed by atoms with van der Waals surface area (Å²) >= 11 is 0. The second-order valence-corrected chi connectivity index (χ2v) is 8.78. The summed E-state index contributed by atoms with van der Waals surface area (Å²) in [5.74, 6) is 0.307. The summed E-state index contributed by atoms with van der Waals surface area (Å²) in [5, 5.41) is 6.74. The van der Waals surface area contributed by atoms with E-state index in [0.29, 0.717) is 55.2 Å². The van der Waals surface area contributed by atoms with Gasteiger partial charge in [-0.3, -0.25) is 4.79 Å². The SMILES string of the molecule is Cc1ccc(-c2noc(CCC(=O)N3CCC(NC(=O)OC(C)(C)C)CC3)n2)cc1F. The highest BCUT2D eigenvalue weighted by molar-refractivity contribution is 5.76. The number of benzene rings is 1. The highest BCUT2D eigenvalue weighted by Gasteiger charge is 2.26. The number of alkyl carbamates (subject to hydrolysis) is 1. The van der Waals surface area contributed by atoms with Crippen molar-refractivity contribution in [1.82, 2.24) is 20.4 Å². The molecule has 1 aromatic heterocycles. The molecule has 0 spiro atoms. The number of carbonyl (C=O) groups is 2. The number of rotatable bonds is 5. The molecule has 0 atom stereocenters. The Hall–Kier alpha value is -2.97. The molecule has 168 valence electrons. The molecule has 3 rings (SSSR count). The Morgan fingerprint density at radius 2 is 2.00 bits per heavy atom. The van der Waals surface area contributed by atoms with Gasteiger partial charge >= 0.3 is 6.09 Å². The quantitative estimate of drug-likeness (QED) is 0.775. The van der Waals surface area contributed by atoms with E-state index in [1.54, 1.807) is 24.0 Å². The van der Waals surface area contributed by atoms with Gasteiger partial charge in [-0.2, -0.15) is 4.98 Å². The van der Waals surface area contributed by atoms with Gasteiger partial charge in [0.15, 0.2) is 0 Å². The predicted molar refractivity (Wildman–Crippen MR) is 112 cm³/mol. The van der Waals surface area contributed by atoms with Crippen molar-refractivity contribution in [3.05, 3.63) is 35.5 Å². The molecule has 1 aliphatic heterocycles. The fraction of sp³-hybridized carbons (Fsp3) is 0.545. The Balaban J connectivity index is 1.44. The Morgan fingerprint density at radius 1 is 1.29 bits per heavy atom. The molecular weight excluding hydrogens is 403 g/mol. The summed E-state index contributed by atoms with van der Waals surface area (Å²) in [6.07, 6.45) is 1.48. The summed E-state index contributed by atoms with van der Waals surface area (Å²) in [5.41, 5.74) is 0.537. The van der Waals surface area contributed by atoms with E-state index in [1.807, 2.05) is 20.8 Å². The van der Waals surface area contributed by atoms with Crippen LogP contribution in [0.15, 0.2) is 22.7 Å². The third kappa shape index (κ3) is 6.50. The largest absolute Gasteiger partial charge is 0.444 e. The number of aryl methyl sites for hydroxylation is 2. The minimum Gasteiger partial charge on any atom is -0.444 e. The van der Waals surface area contributed by atoms with E-state index >= 15 is 0 Å². The standard InChI is InChI=1S/C22H29FN4O4/c1-14-5-6-15(13-17(14)23)20-25-18(31-26-20)7-8-19(28)27-11-9-16(10-12-27)24-21(29)30-22(2,3)4/h5-6,13,16H,7-12H2,1-4H3,(H,24,29). The van der Waals surface area contributed by atoms with Crippen LogP contribution in [0.2, 0.25) is 0 Å². The summed E-state index contributed by atoms with van der Waals surface area (Å²) in [4.78, 5) is 30.4. The summed E-state index contributed by atoms with van der Waals surface area (Å²) in [7, 11) is 0. The van der Waals surface area contributed by atoms with Gasteiger partial charge < -0.3 is 19.5 Å². The predicted octanol–water partition coefficient (Wildman–Crippen LogP) is 3.63. The number of hydrogen-bond donors (Lipinski definition) is 1. The zero-order valence-corrected chi connectivity index (χ0v) is 18.4. The van der Waals surface area contributed by atoms with Crippen LogP contribution in [0.4, 0.5) is 9.18 Å². The monoisotopic (exact) mass is 432 g/mol. The fourth-order valence-electron chi connectivity index (χ4n) is 3.33. The maximum Gasteiger partial charge on any atom is 0.407 e. The van der Waals surface area contributed by atoms with Crippen LogP contribution >= 0.6 is 0 Å². The zero-order chi connectivity index (χ0) is 22.6. The number of ether oxygens (including phenoxy) is 1. The molecule has 0 saturated carbocycles. The third-order valence-electron chi connectivity index (χ3n) is 5.02. The van der Waals surface area contributed by atoms with Crippen molar-refractivity contribution in [2.45, 2.75) is 65.0 Å². The van der Waals surface area contributed by atoms with Crippen LogP contribution in [0.25, 0.3) is 11.4 Å². The molecule has 2 amide bonds. The maximum atomic E-state index is 13.7. The molecule has 1 aromatic carbocycles. The highest BCUT2D eigenvalue weighted by Crippen LogP contribution is 2.20. The van der Waals surface area contributed by atoms with E-state index < -0.39 is 11.7 Å². The third-order valence-corrected chi connectivity index (χ3v) is 5.02. The number of piperidine rings is 1. The average Bonchev–Trinajstić information content (AvgIpc) is 3.16. The first-order valence-electron chi connectivity index (χ1n) is 10.5. The van der Waals surface area contributed by atoms with Crippen molar-refractivity contribution in [2.24, 2.45) is 0 Å². The smallest absolute Gasteiger partial charge is 0.407 e. The van der Waals surface area contributed by atoms with E-state index in [-0.39, 0.29) is 24.2 Å². The molecule has 0 bridgehead atoms. The average molecular weight is 432 g/mol. The molecule has 0 radical (unpaired) electrons. The van der Waals surface area contributed by atoms with Gasteiger partial charge in [0.1, 0.15) is 11.4 Å². The normalized spacial score (nSPS) is 15.1. The zero-order valence-electron chi connectivity index (χ0n) is 18.4. The number of nitrogens with zero attached hydrogens (tertiary/aromatic N) is 3. The van der Waals surface area contributed by atoms with Crippen molar-refractivity contribution in [2.75, 3.05) is 13.1 Å². The van der Waals surface area contributed by atoms with Crippen molar-refractivity contribution >= 4 is 12.0 Å². The minimum atomic E-state index is -0.539. The van der Waals surface area contributed by atoms with Gasteiger partial charge in [-0.05, 0) is 52.2 Å². The summed E-state index contributed by atoms with van der Waals surface area (Å²) in [6.45, 7) is 8.27. The second kappa shape index (κ2) is 9.45. The van der Waals surface area contributed by atoms with E-state index in [0.717, 1.165) is 0 Å². The van der Waals surface area contributed by atoms with Crippen LogP contribution in [-0.2, 0) is 16.0 Å². The van der Waals surface area contributed by atoms with E-state index in [9.17, 15) is 14.0 Å². The van der Waals surface area contributed by atoms with Crippen LogP contribution in [0, 0.1) is 12.7 Å². The number of amides is 2. The Labute approximate surface area is 181 Å². The van der Waals surface area contributed by atoms with Crippen molar-refractivity contribution < 1.29 is 23.2 Å². The molecule has 1 aliphatic rings. The van der Waals surface area contributed by atoms with Crippen LogP contribution in [0.3, 0.4) is 0 Å². The molecule has 31 heavy (non-hydrogen) atoms. The number of hydrogen-bond acceptors (Lipinski definition) is 6. The molecular formula is C22H29FN4O4. The van der Waals surface area contributed by atoms with E-state index in [1.165, 1.54) is 6.07 Å². The number of halogens is 1. The number of carbonyl (C=O) groups excluding carboxylic acids is 2. The van der Waals surface area contributed by atoms with Gasteiger partial charge in [0.05, 0.1) is 0 Å². The van der Waals surface area contributed by atoms with Crippen LogP contribution < -0.4 is 5.32 Å². The van der Waals surface area contributed by atoms with Crippen LogP contribution in [-0.4, -0.2) is 51.8 Å². The molecule has 2 heterocycles. The summed E-state index contributed by atoms with van der Waals surface area (Å²) in [6, 6.07) is 4.75. The molecule has 2 aromatic rings. The van der Waals surface area contributed by atoms with Crippen molar-refractivity contribution in [3.8, 4) is 11.4 Å². The summed E-state index contributed by atoms with van der Waals surface area (Å²) < 4.78 is 24.2. The molecule has 8 nitrogen and oxygen atoms in total. The molecule has 1 saturated heterocycles. The molecule has 0 unspecified atom stereocenters. The van der Waals surface area contributed by atoms with Gasteiger partial charge in [0.25, 0.3) is 0 Å². The lowest BCUT2D eigenvalue weighted by molar-refractivity contribution is -0.132. The number of likely N-dealkylation sites (tertiary alicyclic amines) is 1. The van der Waals surface area contributed by atoms with Gasteiger partial charge in [-0.25, -0.2) is 9.18 Å². The fourth-order valence-corrected chi connectivity index (χ4v) is 3.33. The lowest BCUT2D eigenvalue weighted by Crippen LogP contribution is -2.47. The second-order valence-electron chi connectivity index (χ2n) is 8.78. The van der Waals surface area contributed by atoms with Crippen molar-refractivity contribution in [3.63, 3.8) is 0 Å². The first-order chi connectivity index (χ1) is 14.6.